The average molecular weight is 396 g/mol. The third-order valence-electron chi connectivity index (χ3n) is 4.58. The summed E-state index contributed by atoms with van der Waals surface area (Å²) in [4.78, 5) is 16.8. The zero-order valence-electron chi connectivity index (χ0n) is 15.8. The first-order valence-corrected chi connectivity index (χ1v) is 9.81. The number of nitrogens with one attached hydrogen (secondary N) is 1. The van der Waals surface area contributed by atoms with Crippen molar-refractivity contribution < 1.29 is 14.3 Å². The summed E-state index contributed by atoms with van der Waals surface area (Å²) in [7, 11) is 3.22. The molecule has 0 radical (unpaired) electrons. The Morgan fingerprint density at radius 2 is 2.00 bits per heavy atom. The zero-order chi connectivity index (χ0) is 19.7. The fourth-order valence-corrected chi connectivity index (χ4v) is 4.49. The molecule has 7 nitrogen and oxygen atoms in total. The normalized spacial score (nSPS) is 16.1. The molecule has 1 aliphatic heterocycles. The fourth-order valence-electron chi connectivity index (χ4n) is 3.31. The Kier molecular flexibility index (Phi) is 4.95. The van der Waals surface area contributed by atoms with Crippen molar-refractivity contribution in [3.05, 3.63) is 59.4 Å². The van der Waals surface area contributed by atoms with Gasteiger partial charge in [-0.25, -0.2) is 4.98 Å². The standard InChI is InChI=1S/C20H20N4O3S/c1-12-18-19(13-7-8-14(26-2)15(10-13)27-3)28-11-17(25)22-20(18)24(23-12)16-6-4-5-9-21-16/h4-10,19H,11H2,1-3H3,(H,22,25)/t19-/m0/s1. The summed E-state index contributed by atoms with van der Waals surface area (Å²) in [6, 6.07) is 11.4. The van der Waals surface area contributed by atoms with Gasteiger partial charge in [-0.1, -0.05) is 12.1 Å². The Balaban J connectivity index is 1.87. The third-order valence-corrected chi connectivity index (χ3v) is 5.85. The zero-order valence-corrected chi connectivity index (χ0v) is 16.6. The van der Waals surface area contributed by atoms with Gasteiger partial charge in [-0.15, -0.1) is 11.8 Å². The average Bonchev–Trinajstić information content (AvgIpc) is 2.93. The number of ether oxygens (including phenoxy) is 2. The number of methoxy groups -OCH3 is 2. The van der Waals surface area contributed by atoms with Crippen LogP contribution in [0.2, 0.25) is 0 Å². The van der Waals surface area contributed by atoms with Crippen LogP contribution in [0.4, 0.5) is 5.82 Å². The van der Waals surface area contributed by atoms with E-state index in [1.54, 1.807) is 36.9 Å². The van der Waals surface area contributed by atoms with E-state index >= 15 is 0 Å². The molecule has 8 heteroatoms. The number of aromatic nitrogens is 3. The number of fused-ring (bicyclic) bond motifs is 1. The van der Waals surface area contributed by atoms with Crippen molar-refractivity contribution in [1.29, 1.82) is 0 Å². The number of carbonyl (C=O) groups excluding carboxylic acids is 1. The molecule has 1 N–H and O–H groups in total. The molecule has 0 fully saturated rings. The van der Waals surface area contributed by atoms with Crippen LogP contribution in [-0.4, -0.2) is 40.6 Å². The molecule has 3 heterocycles. The number of hydrogen-bond acceptors (Lipinski definition) is 6. The minimum absolute atomic E-state index is 0.0636. The summed E-state index contributed by atoms with van der Waals surface area (Å²) in [6.07, 6.45) is 1.71. The maximum absolute atomic E-state index is 12.4. The molecule has 28 heavy (non-hydrogen) atoms. The maximum Gasteiger partial charge on any atom is 0.235 e. The minimum atomic E-state index is -0.0776. The second kappa shape index (κ2) is 7.55. The SMILES string of the molecule is COc1ccc([C@@H]2SCC(=O)Nc3c2c(C)nn3-c2ccccn2)cc1OC. The van der Waals surface area contributed by atoms with E-state index in [4.69, 9.17) is 9.47 Å². The number of benzene rings is 1. The molecule has 0 unspecified atom stereocenters. The van der Waals surface area contributed by atoms with Crippen molar-refractivity contribution in [2.45, 2.75) is 12.2 Å². The molecule has 0 spiro atoms. The minimum Gasteiger partial charge on any atom is -0.493 e. The molecule has 0 bridgehead atoms. The van der Waals surface area contributed by atoms with E-state index in [0.29, 0.717) is 28.9 Å². The lowest BCUT2D eigenvalue weighted by atomic mass is 10.0. The van der Waals surface area contributed by atoms with Gasteiger partial charge in [-0.2, -0.15) is 9.78 Å². The highest BCUT2D eigenvalue weighted by atomic mass is 32.2. The molecule has 3 aromatic rings. The van der Waals surface area contributed by atoms with Crippen LogP contribution < -0.4 is 14.8 Å². The first kappa shape index (κ1) is 18.4. The van der Waals surface area contributed by atoms with Gasteiger partial charge in [0.05, 0.1) is 30.9 Å². The molecule has 1 aliphatic rings. The van der Waals surface area contributed by atoms with E-state index < -0.39 is 0 Å². The van der Waals surface area contributed by atoms with E-state index in [0.717, 1.165) is 16.8 Å². The molecular weight excluding hydrogens is 376 g/mol. The summed E-state index contributed by atoms with van der Waals surface area (Å²) < 4.78 is 12.5. The number of carbonyl (C=O) groups is 1. The third kappa shape index (κ3) is 3.20. The lowest BCUT2D eigenvalue weighted by Gasteiger charge is -2.17. The first-order valence-electron chi connectivity index (χ1n) is 8.76. The summed E-state index contributed by atoms with van der Waals surface area (Å²) >= 11 is 1.56. The topological polar surface area (TPSA) is 78.3 Å². The summed E-state index contributed by atoms with van der Waals surface area (Å²) in [5.41, 5.74) is 2.83. The second-order valence-electron chi connectivity index (χ2n) is 6.30. The molecule has 1 amide bonds. The molecule has 0 saturated heterocycles. The van der Waals surface area contributed by atoms with E-state index in [1.165, 1.54) is 0 Å². The van der Waals surface area contributed by atoms with Gasteiger partial charge in [0.2, 0.25) is 5.91 Å². The Morgan fingerprint density at radius 1 is 1.18 bits per heavy atom. The molecule has 1 atom stereocenters. The molecule has 0 aliphatic carbocycles. The summed E-state index contributed by atoms with van der Waals surface area (Å²) in [6.45, 7) is 1.95. The molecule has 2 aromatic heterocycles. The van der Waals surface area contributed by atoms with Crippen LogP contribution in [0.25, 0.3) is 5.82 Å². The monoisotopic (exact) mass is 396 g/mol. The molecule has 0 saturated carbocycles. The Bertz CT molecular complexity index is 1020. The Hall–Kier alpha value is -3.00. The van der Waals surface area contributed by atoms with Crippen LogP contribution in [0.5, 0.6) is 11.5 Å². The van der Waals surface area contributed by atoms with Gasteiger partial charge < -0.3 is 14.8 Å². The van der Waals surface area contributed by atoms with Crippen LogP contribution >= 0.6 is 11.8 Å². The number of pyridine rings is 1. The van der Waals surface area contributed by atoms with Crippen LogP contribution in [-0.2, 0) is 4.79 Å². The highest BCUT2D eigenvalue weighted by molar-refractivity contribution is 8.00. The summed E-state index contributed by atoms with van der Waals surface area (Å²) in [5.74, 6) is 2.91. The van der Waals surface area contributed by atoms with Crippen molar-refractivity contribution in [1.82, 2.24) is 14.8 Å². The highest BCUT2D eigenvalue weighted by Gasteiger charge is 2.31. The molecule has 1 aromatic carbocycles. The van der Waals surface area contributed by atoms with Crippen molar-refractivity contribution >= 4 is 23.5 Å². The van der Waals surface area contributed by atoms with Gasteiger partial charge in [0, 0.05) is 11.8 Å². The predicted molar refractivity (Wildman–Crippen MR) is 109 cm³/mol. The van der Waals surface area contributed by atoms with Gasteiger partial charge in [-0.3, -0.25) is 4.79 Å². The summed E-state index contributed by atoms with van der Waals surface area (Å²) in [5, 5.41) is 7.59. The number of hydrogen-bond donors (Lipinski definition) is 1. The lowest BCUT2D eigenvalue weighted by Crippen LogP contribution is -2.16. The van der Waals surface area contributed by atoms with Crippen molar-refractivity contribution in [2.24, 2.45) is 0 Å². The van der Waals surface area contributed by atoms with Gasteiger partial charge in [0.25, 0.3) is 0 Å². The fraction of sp³-hybridized carbons (Fsp3) is 0.250. The van der Waals surface area contributed by atoms with Crippen molar-refractivity contribution in [3.63, 3.8) is 0 Å². The van der Waals surface area contributed by atoms with Crippen molar-refractivity contribution in [3.8, 4) is 17.3 Å². The smallest absolute Gasteiger partial charge is 0.235 e. The number of nitrogens with zero attached hydrogens (tertiary/aromatic N) is 3. The van der Waals surface area contributed by atoms with Crippen molar-refractivity contribution in [2.75, 3.05) is 25.3 Å². The number of rotatable bonds is 4. The van der Waals surface area contributed by atoms with Crippen LogP contribution in [0.1, 0.15) is 22.1 Å². The van der Waals surface area contributed by atoms with E-state index in [-0.39, 0.29) is 11.2 Å². The predicted octanol–water partition coefficient (Wildman–Crippen LogP) is 3.37. The molecule has 144 valence electrons. The first-order chi connectivity index (χ1) is 13.6. The van der Waals surface area contributed by atoms with Gasteiger partial charge in [0.1, 0.15) is 5.82 Å². The van der Waals surface area contributed by atoms with E-state index in [1.807, 2.05) is 43.3 Å². The lowest BCUT2D eigenvalue weighted by molar-refractivity contribution is -0.113. The number of anilines is 1. The largest absolute Gasteiger partial charge is 0.493 e. The van der Waals surface area contributed by atoms with E-state index in [2.05, 4.69) is 15.4 Å². The number of amides is 1. The number of thioether (sulfide) groups is 1. The molecular formula is C20H20N4O3S. The van der Waals surface area contributed by atoms with Crippen LogP contribution in [0, 0.1) is 6.92 Å². The quantitative estimate of drug-likeness (QED) is 0.729. The van der Waals surface area contributed by atoms with Gasteiger partial charge in [0.15, 0.2) is 17.3 Å². The molecule has 4 rings (SSSR count). The van der Waals surface area contributed by atoms with Crippen LogP contribution in [0.15, 0.2) is 42.6 Å². The Morgan fingerprint density at radius 3 is 2.71 bits per heavy atom. The number of aryl methyl sites for hydroxylation is 1. The highest BCUT2D eigenvalue weighted by Crippen LogP contribution is 2.45. The second-order valence-corrected chi connectivity index (χ2v) is 7.39. The maximum atomic E-state index is 12.4. The van der Waals surface area contributed by atoms with Crippen LogP contribution in [0.3, 0.4) is 0 Å². The van der Waals surface area contributed by atoms with Gasteiger partial charge >= 0.3 is 0 Å². The Labute approximate surface area is 167 Å². The van der Waals surface area contributed by atoms with E-state index in [9.17, 15) is 4.79 Å². The van der Waals surface area contributed by atoms with Gasteiger partial charge in [-0.05, 0) is 36.8 Å².